The molecule has 1 rings (SSSR count). The highest BCUT2D eigenvalue weighted by Crippen LogP contribution is 2.21. The van der Waals surface area contributed by atoms with Crippen molar-refractivity contribution in [3.05, 3.63) is 22.7 Å². The van der Waals surface area contributed by atoms with Crippen molar-refractivity contribution in [1.82, 2.24) is 9.97 Å². The molecular formula is C7H8F3N3O. The molecule has 7 heteroatoms. The molecule has 1 unspecified atom stereocenters. The number of hydrogen-bond donors (Lipinski definition) is 2. The van der Waals surface area contributed by atoms with Gasteiger partial charge >= 0.3 is 6.18 Å². The fraction of sp³-hybridized carbons (Fsp3) is 0.429. The lowest BCUT2D eigenvalue weighted by molar-refractivity contribution is -0.138. The molecule has 0 aliphatic heterocycles. The predicted octanol–water partition coefficient (Wildman–Crippen LogP) is 1.13. The third-order valence-corrected chi connectivity index (χ3v) is 1.55. The summed E-state index contributed by atoms with van der Waals surface area (Å²) in [5.41, 5.74) is -0.677. The van der Waals surface area contributed by atoms with Crippen LogP contribution in [-0.4, -0.2) is 22.2 Å². The van der Waals surface area contributed by atoms with E-state index in [1.165, 1.54) is 12.4 Å². The monoisotopic (exact) mass is 207 g/mol. The number of alkyl halides is 3. The lowest BCUT2D eigenvalue weighted by Gasteiger charge is -2.16. The second-order valence-electron chi connectivity index (χ2n) is 2.67. The summed E-state index contributed by atoms with van der Waals surface area (Å²) in [5, 5.41) is 1.97. The lowest BCUT2D eigenvalue weighted by atomic mass is 10.3. The highest BCUT2D eigenvalue weighted by atomic mass is 19.4. The van der Waals surface area contributed by atoms with Crippen LogP contribution in [0.5, 0.6) is 0 Å². The van der Waals surface area contributed by atoms with Crippen LogP contribution in [0.3, 0.4) is 0 Å². The van der Waals surface area contributed by atoms with Crippen LogP contribution < -0.4 is 10.9 Å². The maximum absolute atomic E-state index is 12.1. The largest absolute Gasteiger partial charge is 0.408 e. The van der Waals surface area contributed by atoms with E-state index in [-0.39, 0.29) is 5.82 Å². The van der Waals surface area contributed by atoms with Crippen LogP contribution in [0.25, 0.3) is 0 Å². The minimum atomic E-state index is -4.40. The quantitative estimate of drug-likeness (QED) is 0.764. The van der Waals surface area contributed by atoms with Crippen LogP contribution >= 0.6 is 0 Å². The van der Waals surface area contributed by atoms with Crippen LogP contribution in [0.15, 0.2) is 17.2 Å². The summed E-state index contributed by atoms with van der Waals surface area (Å²) in [4.78, 5) is 16.6. The van der Waals surface area contributed by atoms with Crippen molar-refractivity contribution in [3.63, 3.8) is 0 Å². The minimum absolute atomic E-state index is 0.336. The second kappa shape index (κ2) is 3.69. The molecule has 0 spiro atoms. The van der Waals surface area contributed by atoms with Crippen molar-refractivity contribution in [3.8, 4) is 0 Å². The van der Waals surface area contributed by atoms with Gasteiger partial charge < -0.3 is 10.3 Å². The fourth-order valence-corrected chi connectivity index (χ4v) is 0.741. The van der Waals surface area contributed by atoms with E-state index in [1.54, 1.807) is 0 Å². The van der Waals surface area contributed by atoms with E-state index in [0.29, 0.717) is 0 Å². The molecule has 2 N–H and O–H groups in total. The van der Waals surface area contributed by atoms with Gasteiger partial charge in [-0.2, -0.15) is 13.2 Å². The SMILES string of the molecule is CC(Nc1ncc[nH]c1=O)C(F)(F)F. The first-order chi connectivity index (χ1) is 6.41. The van der Waals surface area contributed by atoms with Gasteiger partial charge in [0, 0.05) is 12.4 Å². The molecule has 4 nitrogen and oxygen atoms in total. The Balaban J connectivity index is 2.80. The number of halogens is 3. The summed E-state index contributed by atoms with van der Waals surface area (Å²) in [7, 11) is 0. The molecule has 0 amide bonds. The zero-order chi connectivity index (χ0) is 10.8. The maximum Gasteiger partial charge on any atom is 0.408 e. The Bertz CT molecular complexity index is 360. The first-order valence-corrected chi connectivity index (χ1v) is 3.78. The average Bonchev–Trinajstić information content (AvgIpc) is 2.07. The Morgan fingerprint density at radius 2 is 2.21 bits per heavy atom. The van der Waals surface area contributed by atoms with Crippen molar-refractivity contribution in [2.24, 2.45) is 0 Å². The van der Waals surface area contributed by atoms with Crippen molar-refractivity contribution in [2.45, 2.75) is 19.1 Å². The predicted molar refractivity (Wildman–Crippen MR) is 44.0 cm³/mol. The van der Waals surface area contributed by atoms with Gasteiger partial charge in [-0.1, -0.05) is 0 Å². The fourth-order valence-electron chi connectivity index (χ4n) is 0.741. The summed E-state index contributed by atoms with van der Waals surface area (Å²) in [6.45, 7) is 0.911. The van der Waals surface area contributed by atoms with E-state index in [4.69, 9.17) is 0 Å². The summed E-state index contributed by atoms with van der Waals surface area (Å²) < 4.78 is 36.2. The van der Waals surface area contributed by atoms with Gasteiger partial charge in [-0.15, -0.1) is 0 Å². The van der Waals surface area contributed by atoms with Crippen LogP contribution in [0.4, 0.5) is 19.0 Å². The minimum Gasteiger partial charge on any atom is -0.354 e. The Morgan fingerprint density at radius 1 is 1.57 bits per heavy atom. The zero-order valence-corrected chi connectivity index (χ0v) is 7.22. The molecule has 78 valence electrons. The molecule has 0 saturated carbocycles. The molecule has 1 aromatic heterocycles. The van der Waals surface area contributed by atoms with E-state index >= 15 is 0 Å². The number of rotatable bonds is 2. The molecule has 0 aliphatic rings. The van der Waals surface area contributed by atoms with Gasteiger partial charge in [0.2, 0.25) is 0 Å². The maximum atomic E-state index is 12.1. The van der Waals surface area contributed by atoms with E-state index in [2.05, 4.69) is 9.97 Å². The van der Waals surface area contributed by atoms with Gasteiger partial charge in [0.1, 0.15) is 6.04 Å². The Labute approximate surface area is 77.2 Å². The lowest BCUT2D eigenvalue weighted by Crippen LogP contribution is -2.35. The molecule has 0 saturated heterocycles. The third-order valence-electron chi connectivity index (χ3n) is 1.55. The topological polar surface area (TPSA) is 57.8 Å². The molecule has 14 heavy (non-hydrogen) atoms. The highest BCUT2D eigenvalue weighted by molar-refractivity contribution is 5.31. The van der Waals surface area contributed by atoms with Gasteiger partial charge in [0.05, 0.1) is 0 Å². The number of aromatic amines is 1. The van der Waals surface area contributed by atoms with Crippen LogP contribution in [0.2, 0.25) is 0 Å². The van der Waals surface area contributed by atoms with Crippen molar-refractivity contribution >= 4 is 5.82 Å². The summed E-state index contributed by atoms with van der Waals surface area (Å²) in [6.07, 6.45) is -1.96. The molecule has 0 bridgehead atoms. The molecule has 0 aromatic carbocycles. The number of nitrogens with zero attached hydrogens (tertiary/aromatic N) is 1. The number of hydrogen-bond acceptors (Lipinski definition) is 3. The molecule has 1 aromatic rings. The van der Waals surface area contributed by atoms with Gasteiger partial charge in [-0.3, -0.25) is 4.79 Å². The van der Waals surface area contributed by atoms with Crippen LogP contribution in [-0.2, 0) is 0 Å². The third kappa shape index (κ3) is 2.48. The average molecular weight is 207 g/mol. The van der Waals surface area contributed by atoms with Gasteiger partial charge in [0.15, 0.2) is 5.82 Å². The van der Waals surface area contributed by atoms with Gasteiger partial charge in [0.25, 0.3) is 5.56 Å². The first kappa shape index (κ1) is 10.6. The zero-order valence-electron chi connectivity index (χ0n) is 7.22. The van der Waals surface area contributed by atoms with Crippen molar-refractivity contribution in [1.29, 1.82) is 0 Å². The number of anilines is 1. The molecule has 0 fully saturated rings. The first-order valence-electron chi connectivity index (χ1n) is 3.78. The molecular weight excluding hydrogens is 199 g/mol. The Hall–Kier alpha value is -1.53. The molecule has 1 heterocycles. The summed E-state index contributed by atoms with van der Waals surface area (Å²) >= 11 is 0. The summed E-state index contributed by atoms with van der Waals surface area (Å²) in [6, 6.07) is -1.81. The van der Waals surface area contributed by atoms with E-state index in [1.807, 2.05) is 5.32 Å². The van der Waals surface area contributed by atoms with E-state index in [9.17, 15) is 18.0 Å². The number of nitrogens with one attached hydrogen (secondary N) is 2. The second-order valence-corrected chi connectivity index (χ2v) is 2.67. The van der Waals surface area contributed by atoms with E-state index in [0.717, 1.165) is 6.92 Å². The van der Waals surface area contributed by atoms with E-state index < -0.39 is 17.8 Å². The smallest absolute Gasteiger partial charge is 0.354 e. The Kier molecular flexibility index (Phi) is 2.78. The van der Waals surface area contributed by atoms with Crippen molar-refractivity contribution in [2.75, 3.05) is 5.32 Å². The molecule has 0 radical (unpaired) electrons. The van der Waals surface area contributed by atoms with Crippen LogP contribution in [0, 0.1) is 0 Å². The normalized spacial score (nSPS) is 13.7. The molecule has 1 atom stereocenters. The highest BCUT2D eigenvalue weighted by Gasteiger charge is 2.36. The number of H-pyrrole nitrogens is 1. The standard InChI is InChI=1S/C7H8F3N3O/c1-4(7(8,9)10)13-5-6(14)12-3-2-11-5/h2-4H,1H3,(H,11,13)(H,12,14). The summed E-state index contributed by atoms with van der Waals surface area (Å²) in [5.74, 6) is -0.336. The Morgan fingerprint density at radius 3 is 2.71 bits per heavy atom. The molecule has 0 aliphatic carbocycles. The van der Waals surface area contributed by atoms with Crippen LogP contribution in [0.1, 0.15) is 6.92 Å². The number of aromatic nitrogens is 2. The van der Waals surface area contributed by atoms with Gasteiger partial charge in [-0.25, -0.2) is 4.98 Å². The van der Waals surface area contributed by atoms with Gasteiger partial charge in [-0.05, 0) is 6.92 Å². The van der Waals surface area contributed by atoms with Crippen molar-refractivity contribution < 1.29 is 13.2 Å².